The molecule has 0 radical (unpaired) electrons. The summed E-state index contributed by atoms with van der Waals surface area (Å²) in [7, 11) is 0. The minimum absolute atomic E-state index is 0.290. The number of aromatic nitrogens is 2. The predicted molar refractivity (Wildman–Crippen MR) is 63.0 cm³/mol. The fraction of sp³-hybridized carbons (Fsp3) is 0.417. The number of fused-ring (bicyclic) bond motifs is 1. The van der Waals surface area contributed by atoms with Crippen molar-refractivity contribution in [1.29, 1.82) is 0 Å². The van der Waals surface area contributed by atoms with Crippen molar-refractivity contribution >= 4 is 11.0 Å². The van der Waals surface area contributed by atoms with Gasteiger partial charge in [0.25, 0.3) is 0 Å². The second-order valence-electron chi connectivity index (χ2n) is 4.21. The SMILES string of the molecule is Cc1cc2nc(C(C)CN)[nH]c2cc1C. The molecule has 3 N–H and O–H groups in total. The Hall–Kier alpha value is -1.35. The van der Waals surface area contributed by atoms with Gasteiger partial charge in [0, 0.05) is 12.5 Å². The van der Waals surface area contributed by atoms with Crippen LogP contribution in [-0.4, -0.2) is 16.5 Å². The molecule has 2 aromatic rings. The molecule has 3 nitrogen and oxygen atoms in total. The molecule has 1 atom stereocenters. The molecule has 3 heteroatoms. The number of imidazole rings is 1. The number of nitrogens with one attached hydrogen (secondary N) is 1. The van der Waals surface area contributed by atoms with Gasteiger partial charge < -0.3 is 10.7 Å². The zero-order valence-electron chi connectivity index (χ0n) is 9.46. The minimum atomic E-state index is 0.290. The normalized spacial score (nSPS) is 13.3. The summed E-state index contributed by atoms with van der Waals surface area (Å²) in [4.78, 5) is 7.87. The number of hydrogen-bond acceptors (Lipinski definition) is 2. The van der Waals surface area contributed by atoms with Gasteiger partial charge in [-0.05, 0) is 37.1 Å². The number of nitrogens with two attached hydrogens (primary N) is 1. The molecule has 15 heavy (non-hydrogen) atoms. The Morgan fingerprint density at radius 3 is 2.67 bits per heavy atom. The Bertz CT molecular complexity index is 446. The van der Waals surface area contributed by atoms with Crippen molar-refractivity contribution in [3.8, 4) is 0 Å². The van der Waals surface area contributed by atoms with Gasteiger partial charge in [0.15, 0.2) is 0 Å². The van der Waals surface area contributed by atoms with Crippen molar-refractivity contribution < 1.29 is 0 Å². The number of hydrogen-bond donors (Lipinski definition) is 2. The number of benzene rings is 1. The molecular formula is C12H17N3. The molecule has 0 saturated carbocycles. The first-order valence-corrected chi connectivity index (χ1v) is 5.28. The molecule has 1 aromatic heterocycles. The Labute approximate surface area is 89.7 Å². The maximum atomic E-state index is 5.63. The quantitative estimate of drug-likeness (QED) is 0.786. The molecule has 0 amide bonds. The second-order valence-corrected chi connectivity index (χ2v) is 4.21. The highest BCUT2D eigenvalue weighted by atomic mass is 14.9. The van der Waals surface area contributed by atoms with E-state index in [0.29, 0.717) is 6.54 Å². The van der Waals surface area contributed by atoms with E-state index in [1.165, 1.54) is 11.1 Å². The van der Waals surface area contributed by atoms with Crippen LogP contribution in [0.3, 0.4) is 0 Å². The van der Waals surface area contributed by atoms with Gasteiger partial charge in [-0.1, -0.05) is 6.92 Å². The Balaban J connectivity index is 2.56. The largest absolute Gasteiger partial charge is 0.342 e. The fourth-order valence-corrected chi connectivity index (χ4v) is 1.63. The van der Waals surface area contributed by atoms with E-state index in [2.05, 4.69) is 42.9 Å². The monoisotopic (exact) mass is 203 g/mol. The first-order chi connectivity index (χ1) is 7.11. The lowest BCUT2D eigenvalue weighted by atomic mass is 10.1. The molecule has 0 aliphatic heterocycles. The molecule has 0 aliphatic rings. The van der Waals surface area contributed by atoms with Gasteiger partial charge >= 0.3 is 0 Å². The van der Waals surface area contributed by atoms with E-state index in [-0.39, 0.29) is 5.92 Å². The number of aryl methyl sites for hydroxylation is 2. The van der Waals surface area contributed by atoms with Crippen LogP contribution in [0.25, 0.3) is 11.0 Å². The van der Waals surface area contributed by atoms with E-state index in [0.717, 1.165) is 16.9 Å². The first kappa shape index (κ1) is 10.2. The van der Waals surface area contributed by atoms with E-state index in [1.807, 2.05) is 0 Å². The predicted octanol–water partition coefficient (Wildman–Crippen LogP) is 2.24. The highest BCUT2D eigenvalue weighted by Gasteiger charge is 2.09. The molecule has 0 saturated heterocycles. The van der Waals surface area contributed by atoms with Crippen LogP contribution in [-0.2, 0) is 0 Å². The van der Waals surface area contributed by atoms with Crippen LogP contribution in [0.5, 0.6) is 0 Å². The summed E-state index contributed by atoms with van der Waals surface area (Å²) < 4.78 is 0. The lowest BCUT2D eigenvalue weighted by Gasteiger charge is -2.01. The Morgan fingerprint density at radius 1 is 1.33 bits per heavy atom. The van der Waals surface area contributed by atoms with E-state index in [1.54, 1.807) is 0 Å². The molecule has 80 valence electrons. The van der Waals surface area contributed by atoms with Crippen LogP contribution in [0.4, 0.5) is 0 Å². The van der Waals surface area contributed by atoms with Gasteiger partial charge in [0.1, 0.15) is 5.82 Å². The Kier molecular flexibility index (Phi) is 2.49. The molecule has 2 rings (SSSR count). The van der Waals surface area contributed by atoms with Crippen LogP contribution < -0.4 is 5.73 Å². The third-order valence-corrected chi connectivity index (χ3v) is 2.94. The lowest BCUT2D eigenvalue weighted by molar-refractivity contribution is 0.728. The summed E-state index contributed by atoms with van der Waals surface area (Å²) >= 11 is 0. The maximum Gasteiger partial charge on any atom is 0.111 e. The molecule has 1 unspecified atom stereocenters. The smallest absolute Gasteiger partial charge is 0.111 e. The molecule has 0 aliphatic carbocycles. The first-order valence-electron chi connectivity index (χ1n) is 5.28. The summed E-state index contributed by atoms with van der Waals surface area (Å²) in [5, 5.41) is 0. The third kappa shape index (κ3) is 1.75. The molecule has 0 fully saturated rings. The van der Waals surface area contributed by atoms with Crippen LogP contribution in [0.2, 0.25) is 0 Å². The molecule has 1 aromatic carbocycles. The van der Waals surface area contributed by atoms with E-state index < -0.39 is 0 Å². The molecular weight excluding hydrogens is 186 g/mol. The zero-order valence-corrected chi connectivity index (χ0v) is 9.46. The van der Waals surface area contributed by atoms with Gasteiger partial charge in [-0.25, -0.2) is 4.98 Å². The van der Waals surface area contributed by atoms with Crippen molar-refractivity contribution in [2.75, 3.05) is 6.54 Å². The average Bonchev–Trinajstić information content (AvgIpc) is 2.60. The van der Waals surface area contributed by atoms with Crippen LogP contribution in [0.15, 0.2) is 12.1 Å². The Morgan fingerprint density at radius 2 is 2.00 bits per heavy atom. The van der Waals surface area contributed by atoms with E-state index >= 15 is 0 Å². The zero-order chi connectivity index (χ0) is 11.0. The summed E-state index contributed by atoms with van der Waals surface area (Å²) in [5.74, 6) is 1.27. The standard InChI is InChI=1S/C12H17N3/c1-7-4-10-11(5-8(7)2)15-12(14-10)9(3)6-13/h4-5,9H,6,13H2,1-3H3,(H,14,15). The topological polar surface area (TPSA) is 54.7 Å². The van der Waals surface area contributed by atoms with E-state index in [9.17, 15) is 0 Å². The van der Waals surface area contributed by atoms with Gasteiger partial charge in [0.05, 0.1) is 11.0 Å². The number of nitrogens with zero attached hydrogens (tertiary/aromatic N) is 1. The van der Waals surface area contributed by atoms with Crippen molar-refractivity contribution in [3.05, 3.63) is 29.1 Å². The number of aromatic amines is 1. The number of H-pyrrole nitrogens is 1. The van der Waals surface area contributed by atoms with Crippen LogP contribution >= 0.6 is 0 Å². The molecule has 0 spiro atoms. The van der Waals surface area contributed by atoms with Gasteiger partial charge in [-0.2, -0.15) is 0 Å². The van der Waals surface area contributed by atoms with Crippen LogP contribution in [0, 0.1) is 13.8 Å². The highest BCUT2D eigenvalue weighted by Crippen LogP contribution is 2.20. The van der Waals surface area contributed by atoms with E-state index in [4.69, 9.17) is 5.73 Å². The van der Waals surface area contributed by atoms with Crippen molar-refractivity contribution in [3.63, 3.8) is 0 Å². The maximum absolute atomic E-state index is 5.63. The van der Waals surface area contributed by atoms with Crippen molar-refractivity contribution in [2.45, 2.75) is 26.7 Å². The highest BCUT2D eigenvalue weighted by molar-refractivity contribution is 5.77. The summed E-state index contributed by atoms with van der Waals surface area (Å²) in [6.07, 6.45) is 0. The summed E-state index contributed by atoms with van der Waals surface area (Å²) in [5.41, 5.74) is 10.3. The van der Waals surface area contributed by atoms with Gasteiger partial charge in [-0.3, -0.25) is 0 Å². The summed E-state index contributed by atoms with van der Waals surface area (Å²) in [6, 6.07) is 4.26. The minimum Gasteiger partial charge on any atom is -0.342 e. The van der Waals surface area contributed by atoms with Crippen LogP contribution in [0.1, 0.15) is 29.8 Å². The van der Waals surface area contributed by atoms with Crippen molar-refractivity contribution in [2.24, 2.45) is 5.73 Å². The second kappa shape index (κ2) is 3.66. The summed E-state index contributed by atoms with van der Waals surface area (Å²) in [6.45, 7) is 6.92. The molecule has 1 heterocycles. The number of rotatable bonds is 2. The van der Waals surface area contributed by atoms with Gasteiger partial charge in [0.2, 0.25) is 0 Å². The van der Waals surface area contributed by atoms with Gasteiger partial charge in [-0.15, -0.1) is 0 Å². The third-order valence-electron chi connectivity index (χ3n) is 2.94. The lowest BCUT2D eigenvalue weighted by Crippen LogP contribution is -2.10. The average molecular weight is 203 g/mol. The molecule has 0 bridgehead atoms. The van der Waals surface area contributed by atoms with Crippen molar-refractivity contribution in [1.82, 2.24) is 9.97 Å². The fourth-order valence-electron chi connectivity index (χ4n) is 1.63.